The van der Waals surface area contributed by atoms with Crippen molar-refractivity contribution in [3.05, 3.63) is 58.8 Å². The molecule has 1 fully saturated rings. The standard InChI is InChI=1S/C26H31N5O/c1-5-29-10-11-30(15-18(29)3)22-8-6-21-13-23(25(32)9-7-20(21)12-22)24-16-31-14-17(2)27-19(4)26(31)28-24/h6,8,12-14,16,18H,5,7,9-11,15H2,1-4H3/t18-/m0/s1. The lowest BCUT2D eigenvalue weighted by molar-refractivity contribution is -0.113. The van der Waals surface area contributed by atoms with Gasteiger partial charge in [-0.1, -0.05) is 13.0 Å². The molecule has 3 aromatic rings. The van der Waals surface area contributed by atoms with Gasteiger partial charge in [0.05, 0.1) is 17.1 Å². The summed E-state index contributed by atoms with van der Waals surface area (Å²) in [4.78, 5) is 27.3. The molecule has 1 aliphatic heterocycles. The summed E-state index contributed by atoms with van der Waals surface area (Å²) in [7, 11) is 0. The molecule has 0 unspecified atom stereocenters. The van der Waals surface area contributed by atoms with E-state index in [2.05, 4.69) is 46.8 Å². The number of rotatable bonds is 3. The van der Waals surface area contributed by atoms with E-state index in [9.17, 15) is 4.79 Å². The molecule has 6 heteroatoms. The summed E-state index contributed by atoms with van der Waals surface area (Å²) in [6.07, 6.45) is 7.21. The minimum Gasteiger partial charge on any atom is -0.369 e. The van der Waals surface area contributed by atoms with E-state index < -0.39 is 0 Å². The maximum atomic E-state index is 13.1. The number of piperazine rings is 1. The number of imidazole rings is 1. The zero-order valence-corrected chi connectivity index (χ0v) is 19.4. The van der Waals surface area contributed by atoms with Gasteiger partial charge < -0.3 is 9.30 Å². The smallest absolute Gasteiger partial charge is 0.165 e. The second kappa shape index (κ2) is 8.17. The molecule has 3 heterocycles. The van der Waals surface area contributed by atoms with Crippen LogP contribution in [0.25, 0.3) is 17.3 Å². The molecule has 0 saturated carbocycles. The first kappa shape index (κ1) is 20.9. The molecule has 0 amide bonds. The van der Waals surface area contributed by atoms with Crippen LogP contribution in [0.4, 0.5) is 5.69 Å². The van der Waals surface area contributed by atoms with Crippen LogP contribution >= 0.6 is 0 Å². The average molecular weight is 430 g/mol. The molecule has 5 rings (SSSR count). The molecular formula is C26H31N5O. The number of anilines is 1. The van der Waals surface area contributed by atoms with E-state index in [1.807, 2.05) is 36.7 Å². The van der Waals surface area contributed by atoms with Gasteiger partial charge in [0.15, 0.2) is 11.4 Å². The van der Waals surface area contributed by atoms with Crippen molar-refractivity contribution in [1.29, 1.82) is 0 Å². The third-order valence-electron chi connectivity index (χ3n) is 6.89. The molecule has 166 valence electrons. The van der Waals surface area contributed by atoms with Crippen LogP contribution in [0, 0.1) is 13.8 Å². The fourth-order valence-corrected chi connectivity index (χ4v) is 5.12. The highest BCUT2D eigenvalue weighted by molar-refractivity contribution is 6.25. The molecule has 1 aromatic carbocycles. The number of carbonyl (C=O) groups is 1. The van der Waals surface area contributed by atoms with E-state index in [0.29, 0.717) is 18.0 Å². The van der Waals surface area contributed by atoms with E-state index in [4.69, 9.17) is 4.98 Å². The van der Waals surface area contributed by atoms with Gasteiger partial charge in [0.2, 0.25) is 0 Å². The Hall–Kier alpha value is -2.99. The van der Waals surface area contributed by atoms with Gasteiger partial charge in [0, 0.05) is 55.8 Å². The van der Waals surface area contributed by atoms with E-state index in [1.165, 1.54) is 11.3 Å². The largest absolute Gasteiger partial charge is 0.369 e. The van der Waals surface area contributed by atoms with Crippen molar-refractivity contribution in [2.45, 2.75) is 46.6 Å². The van der Waals surface area contributed by atoms with Crippen LogP contribution < -0.4 is 4.90 Å². The summed E-state index contributed by atoms with van der Waals surface area (Å²) in [5.41, 5.74) is 7.67. The maximum absolute atomic E-state index is 13.1. The number of aromatic nitrogens is 3. The monoisotopic (exact) mass is 429 g/mol. The van der Waals surface area contributed by atoms with Crippen molar-refractivity contribution >= 4 is 28.8 Å². The molecule has 6 nitrogen and oxygen atoms in total. The Morgan fingerprint density at radius 1 is 1.09 bits per heavy atom. The Bertz CT molecular complexity index is 1220. The lowest BCUT2D eigenvalue weighted by atomic mass is 10.0. The van der Waals surface area contributed by atoms with Crippen LogP contribution in [0.5, 0.6) is 0 Å². The summed E-state index contributed by atoms with van der Waals surface area (Å²) >= 11 is 0. The molecule has 32 heavy (non-hydrogen) atoms. The van der Waals surface area contributed by atoms with Crippen molar-refractivity contribution in [2.75, 3.05) is 31.1 Å². The number of fused-ring (bicyclic) bond motifs is 2. The zero-order chi connectivity index (χ0) is 22.4. The van der Waals surface area contributed by atoms with Crippen LogP contribution in [-0.4, -0.2) is 57.3 Å². The Labute approximate surface area is 189 Å². The number of aryl methyl sites for hydroxylation is 3. The molecule has 0 bridgehead atoms. The summed E-state index contributed by atoms with van der Waals surface area (Å²) in [6.45, 7) is 12.8. The lowest BCUT2D eigenvalue weighted by Gasteiger charge is -2.40. The van der Waals surface area contributed by atoms with E-state index in [-0.39, 0.29) is 5.78 Å². The van der Waals surface area contributed by atoms with Crippen molar-refractivity contribution in [3.8, 4) is 0 Å². The van der Waals surface area contributed by atoms with Crippen molar-refractivity contribution < 1.29 is 4.79 Å². The topological polar surface area (TPSA) is 53.7 Å². The predicted molar refractivity (Wildman–Crippen MR) is 129 cm³/mol. The van der Waals surface area contributed by atoms with Crippen LogP contribution in [-0.2, 0) is 11.2 Å². The van der Waals surface area contributed by atoms with Gasteiger partial charge in [-0.05, 0) is 63.1 Å². The minimum absolute atomic E-state index is 0.152. The van der Waals surface area contributed by atoms with E-state index in [1.54, 1.807) is 0 Å². The summed E-state index contributed by atoms with van der Waals surface area (Å²) in [5, 5.41) is 0. The molecular weight excluding hydrogens is 398 g/mol. The number of hydrogen-bond acceptors (Lipinski definition) is 5. The number of benzene rings is 1. The number of carbonyl (C=O) groups excluding carboxylic acids is 1. The quantitative estimate of drug-likeness (QED) is 0.631. The molecule has 0 spiro atoms. The summed E-state index contributed by atoms with van der Waals surface area (Å²) in [5.74, 6) is 0.152. The van der Waals surface area contributed by atoms with Crippen molar-refractivity contribution in [3.63, 3.8) is 0 Å². The number of hydrogen-bond donors (Lipinski definition) is 0. The molecule has 1 saturated heterocycles. The number of allylic oxidation sites excluding steroid dienone is 1. The average Bonchev–Trinajstić information content (AvgIpc) is 3.12. The second-order valence-electron chi connectivity index (χ2n) is 9.11. The second-order valence-corrected chi connectivity index (χ2v) is 9.11. The molecule has 1 atom stereocenters. The Morgan fingerprint density at radius 3 is 2.72 bits per heavy atom. The Kier molecular flexibility index (Phi) is 5.33. The maximum Gasteiger partial charge on any atom is 0.165 e. The molecule has 2 aromatic heterocycles. The Morgan fingerprint density at radius 2 is 1.94 bits per heavy atom. The third-order valence-corrected chi connectivity index (χ3v) is 6.89. The molecule has 2 aliphatic rings. The van der Waals surface area contributed by atoms with Gasteiger partial charge in [-0.3, -0.25) is 14.7 Å². The van der Waals surface area contributed by atoms with Gasteiger partial charge in [-0.15, -0.1) is 0 Å². The first-order valence-corrected chi connectivity index (χ1v) is 11.6. The van der Waals surface area contributed by atoms with Crippen LogP contribution in [0.15, 0.2) is 30.6 Å². The van der Waals surface area contributed by atoms with E-state index >= 15 is 0 Å². The van der Waals surface area contributed by atoms with Gasteiger partial charge >= 0.3 is 0 Å². The SMILES string of the molecule is CCN1CCN(c2ccc3c(c2)CCC(=O)C(c2cn4cc(C)nc(C)c4n2)=C3)C[C@@H]1C. The van der Waals surface area contributed by atoms with Crippen molar-refractivity contribution in [2.24, 2.45) is 0 Å². The number of nitrogens with zero attached hydrogens (tertiary/aromatic N) is 5. The lowest BCUT2D eigenvalue weighted by Crippen LogP contribution is -2.51. The number of ketones is 1. The number of likely N-dealkylation sites (N-methyl/N-ethyl adjacent to an activating group) is 1. The van der Waals surface area contributed by atoms with Gasteiger partial charge in [-0.25, -0.2) is 4.98 Å². The van der Waals surface area contributed by atoms with Crippen molar-refractivity contribution in [1.82, 2.24) is 19.3 Å². The van der Waals surface area contributed by atoms with Gasteiger partial charge in [-0.2, -0.15) is 0 Å². The van der Waals surface area contributed by atoms with Crippen LogP contribution in [0.2, 0.25) is 0 Å². The summed E-state index contributed by atoms with van der Waals surface area (Å²) < 4.78 is 1.98. The zero-order valence-electron chi connectivity index (χ0n) is 19.4. The Balaban J connectivity index is 1.48. The minimum atomic E-state index is 0.152. The fourth-order valence-electron chi connectivity index (χ4n) is 5.12. The van der Waals surface area contributed by atoms with Gasteiger partial charge in [0.1, 0.15) is 0 Å². The van der Waals surface area contributed by atoms with Crippen LogP contribution in [0.3, 0.4) is 0 Å². The highest BCUT2D eigenvalue weighted by Gasteiger charge is 2.24. The molecule has 1 aliphatic carbocycles. The molecule has 0 radical (unpaired) electrons. The number of Topliss-reactive ketones (excluding diaryl/α,β-unsaturated/α-hetero) is 1. The highest BCUT2D eigenvalue weighted by atomic mass is 16.1. The highest BCUT2D eigenvalue weighted by Crippen LogP contribution is 2.31. The first-order valence-electron chi connectivity index (χ1n) is 11.6. The third kappa shape index (κ3) is 3.73. The fraction of sp³-hybridized carbons (Fsp3) is 0.423. The first-order chi connectivity index (χ1) is 15.4. The van der Waals surface area contributed by atoms with E-state index in [0.717, 1.165) is 60.9 Å². The van der Waals surface area contributed by atoms with Gasteiger partial charge in [0.25, 0.3) is 0 Å². The summed E-state index contributed by atoms with van der Waals surface area (Å²) in [6, 6.07) is 7.22. The van der Waals surface area contributed by atoms with Crippen LogP contribution in [0.1, 0.15) is 48.5 Å². The molecule has 0 N–H and O–H groups in total. The predicted octanol–water partition coefficient (Wildman–Crippen LogP) is 3.93. The normalized spacial score (nSPS) is 19.8.